The van der Waals surface area contributed by atoms with Gasteiger partial charge in [0.05, 0.1) is 13.0 Å². The number of esters is 1. The fraction of sp³-hybridized carbons (Fsp3) is 0.545. The van der Waals surface area contributed by atoms with E-state index in [1.807, 2.05) is 30.0 Å². The van der Waals surface area contributed by atoms with Crippen molar-refractivity contribution in [1.29, 1.82) is 0 Å². The first-order valence-corrected chi connectivity index (χ1v) is 10.4. The summed E-state index contributed by atoms with van der Waals surface area (Å²) < 4.78 is 5.30. The summed E-state index contributed by atoms with van der Waals surface area (Å²) in [7, 11) is 0. The second kappa shape index (κ2) is 9.41. The highest BCUT2D eigenvalue weighted by Gasteiger charge is 2.36. The lowest BCUT2D eigenvalue weighted by Gasteiger charge is -2.22. The van der Waals surface area contributed by atoms with E-state index in [1.165, 1.54) is 25.7 Å². The number of benzene rings is 1. The molecule has 0 N–H and O–H groups in total. The van der Waals surface area contributed by atoms with Gasteiger partial charge < -0.3 is 9.64 Å². The fourth-order valence-corrected chi connectivity index (χ4v) is 4.32. The van der Waals surface area contributed by atoms with Crippen molar-refractivity contribution in [2.75, 3.05) is 19.7 Å². The highest BCUT2D eigenvalue weighted by atomic mass is 35.5. The molecule has 1 aromatic rings. The highest BCUT2D eigenvalue weighted by Crippen LogP contribution is 2.36. The van der Waals surface area contributed by atoms with Gasteiger partial charge >= 0.3 is 5.97 Å². The maximum atomic E-state index is 12.9. The van der Waals surface area contributed by atoms with Gasteiger partial charge in [0.2, 0.25) is 5.91 Å². The van der Waals surface area contributed by atoms with E-state index in [2.05, 4.69) is 0 Å². The lowest BCUT2D eigenvalue weighted by molar-refractivity contribution is -0.140. The van der Waals surface area contributed by atoms with Crippen LogP contribution in [0, 0.1) is 11.8 Å². The van der Waals surface area contributed by atoms with Crippen LogP contribution in [0.5, 0.6) is 0 Å². The van der Waals surface area contributed by atoms with Gasteiger partial charge in [-0.05, 0) is 48.8 Å². The number of halogens is 1. The van der Waals surface area contributed by atoms with Crippen molar-refractivity contribution in [3.8, 4) is 0 Å². The first-order valence-electron chi connectivity index (χ1n) is 9.98. The Hall–Kier alpha value is -1.81. The molecule has 2 atom stereocenters. The Kier molecular flexibility index (Phi) is 6.95. The minimum atomic E-state index is -0.429. The van der Waals surface area contributed by atoms with Gasteiger partial charge in [-0.1, -0.05) is 49.6 Å². The number of rotatable bonds is 6. The van der Waals surface area contributed by atoms with Gasteiger partial charge in [0, 0.05) is 23.7 Å². The minimum Gasteiger partial charge on any atom is -0.462 e. The molecule has 1 saturated carbocycles. The molecule has 2 fully saturated rings. The lowest BCUT2D eigenvalue weighted by atomic mass is 9.82. The molecule has 27 heavy (non-hydrogen) atoms. The third-order valence-electron chi connectivity index (χ3n) is 5.61. The molecule has 146 valence electrons. The quantitative estimate of drug-likeness (QED) is 0.522. The lowest BCUT2D eigenvalue weighted by Crippen LogP contribution is -2.30. The fourth-order valence-electron chi connectivity index (χ4n) is 4.13. The molecule has 1 aliphatic heterocycles. The van der Waals surface area contributed by atoms with Crippen molar-refractivity contribution in [1.82, 2.24) is 4.90 Å². The molecule has 0 spiro atoms. The van der Waals surface area contributed by atoms with E-state index in [9.17, 15) is 9.59 Å². The Balaban J connectivity index is 1.73. The predicted octanol–water partition coefficient (Wildman–Crippen LogP) is 4.72. The second-order valence-electron chi connectivity index (χ2n) is 7.61. The number of nitrogens with zero attached hydrogens (tertiary/aromatic N) is 1. The van der Waals surface area contributed by atoms with Crippen LogP contribution in [0.25, 0.3) is 6.08 Å². The van der Waals surface area contributed by atoms with Gasteiger partial charge in [-0.2, -0.15) is 0 Å². The first-order chi connectivity index (χ1) is 13.1. The highest BCUT2D eigenvalue weighted by molar-refractivity contribution is 6.32. The smallest absolute Gasteiger partial charge is 0.334 e. The van der Waals surface area contributed by atoms with Crippen LogP contribution in [0.3, 0.4) is 0 Å². The Morgan fingerprint density at radius 3 is 2.48 bits per heavy atom. The summed E-state index contributed by atoms with van der Waals surface area (Å²) in [6, 6.07) is 7.31. The van der Waals surface area contributed by atoms with Crippen LogP contribution in [0.2, 0.25) is 5.02 Å². The summed E-state index contributed by atoms with van der Waals surface area (Å²) in [6.45, 7) is 3.95. The van der Waals surface area contributed by atoms with Gasteiger partial charge in [0.15, 0.2) is 0 Å². The second-order valence-corrected chi connectivity index (χ2v) is 8.01. The summed E-state index contributed by atoms with van der Waals surface area (Å²) in [4.78, 5) is 27.4. The van der Waals surface area contributed by atoms with E-state index in [4.69, 9.17) is 16.3 Å². The van der Waals surface area contributed by atoms with Gasteiger partial charge in [0.1, 0.15) is 0 Å². The zero-order valence-corrected chi connectivity index (χ0v) is 16.7. The molecule has 1 aromatic carbocycles. The largest absolute Gasteiger partial charge is 0.462 e. The normalized spacial score (nSPS) is 22.4. The van der Waals surface area contributed by atoms with Crippen LogP contribution in [0.15, 0.2) is 29.8 Å². The van der Waals surface area contributed by atoms with Crippen LogP contribution in [0.1, 0.15) is 51.0 Å². The first kappa shape index (κ1) is 19.9. The molecule has 1 amide bonds. The number of hydrogen-bond donors (Lipinski definition) is 0. The third kappa shape index (κ3) is 5.13. The van der Waals surface area contributed by atoms with Crippen molar-refractivity contribution >= 4 is 29.6 Å². The molecule has 5 heteroatoms. The molecule has 0 radical (unpaired) electrons. The van der Waals surface area contributed by atoms with Crippen LogP contribution >= 0.6 is 11.6 Å². The Morgan fingerprint density at radius 2 is 1.85 bits per heavy atom. The zero-order chi connectivity index (χ0) is 19.2. The number of likely N-dealkylation sites (tertiary alicyclic amines) is 1. The van der Waals surface area contributed by atoms with Gasteiger partial charge in [0.25, 0.3) is 0 Å². The number of ether oxygens (including phenoxy) is 1. The summed E-state index contributed by atoms with van der Waals surface area (Å²) in [6.07, 6.45) is 7.47. The van der Waals surface area contributed by atoms with Gasteiger partial charge in [-0.25, -0.2) is 4.79 Å². The molecular formula is C22H28ClNO3. The van der Waals surface area contributed by atoms with E-state index in [1.54, 1.807) is 12.1 Å². The van der Waals surface area contributed by atoms with Crippen LogP contribution in [0.4, 0.5) is 0 Å². The van der Waals surface area contributed by atoms with E-state index in [0.717, 1.165) is 25.1 Å². The molecular weight excluding hydrogens is 362 g/mol. The topological polar surface area (TPSA) is 46.6 Å². The number of carbonyl (C=O) groups excluding carboxylic acids is 2. The maximum Gasteiger partial charge on any atom is 0.334 e. The van der Waals surface area contributed by atoms with Crippen molar-refractivity contribution in [3.63, 3.8) is 0 Å². The third-order valence-corrected chi connectivity index (χ3v) is 5.95. The van der Waals surface area contributed by atoms with E-state index < -0.39 is 5.97 Å². The van der Waals surface area contributed by atoms with Crippen LogP contribution < -0.4 is 0 Å². The van der Waals surface area contributed by atoms with Crippen LogP contribution in [-0.4, -0.2) is 36.5 Å². The van der Waals surface area contributed by atoms with E-state index in [-0.39, 0.29) is 12.3 Å². The predicted molar refractivity (Wildman–Crippen MR) is 107 cm³/mol. The summed E-state index contributed by atoms with van der Waals surface area (Å²) in [5, 5.41) is 0.554. The zero-order valence-electron chi connectivity index (χ0n) is 16.0. The molecule has 1 heterocycles. The molecule has 0 aromatic heterocycles. The Morgan fingerprint density at radius 1 is 1.19 bits per heavy atom. The van der Waals surface area contributed by atoms with E-state index in [0.29, 0.717) is 29.0 Å². The number of hydrogen-bond acceptors (Lipinski definition) is 3. The van der Waals surface area contributed by atoms with Gasteiger partial charge in [-0.3, -0.25) is 4.79 Å². The molecule has 2 aliphatic rings. The maximum absolute atomic E-state index is 12.9. The number of amides is 1. The van der Waals surface area contributed by atoms with Crippen LogP contribution in [-0.2, 0) is 14.3 Å². The molecule has 1 aliphatic carbocycles. The molecule has 1 saturated heterocycles. The summed E-state index contributed by atoms with van der Waals surface area (Å²) in [5.74, 6) is 0.842. The number of carbonyl (C=O) groups is 2. The molecule has 3 rings (SSSR count). The monoisotopic (exact) mass is 389 g/mol. The number of fused-ring (bicyclic) bond motifs is 1. The molecule has 0 unspecified atom stereocenters. The average Bonchev–Trinajstić information content (AvgIpc) is 3.11. The molecule has 0 bridgehead atoms. The Bertz CT molecular complexity index is 701. The summed E-state index contributed by atoms with van der Waals surface area (Å²) in [5.41, 5.74) is 1.10. The van der Waals surface area contributed by atoms with Crippen molar-refractivity contribution < 1.29 is 14.3 Å². The molecule has 4 nitrogen and oxygen atoms in total. The van der Waals surface area contributed by atoms with Crippen molar-refractivity contribution in [3.05, 3.63) is 40.4 Å². The van der Waals surface area contributed by atoms with E-state index >= 15 is 0 Å². The van der Waals surface area contributed by atoms with Gasteiger partial charge in [-0.15, -0.1) is 0 Å². The average molecular weight is 390 g/mol. The standard InChI is InChI=1S/C22H28ClNO3/c1-2-11-27-22(26)19(12-16-7-5-6-10-20(16)23)13-21(25)24-14-17-8-3-4-9-18(17)15-24/h5-7,10,12,17-18H,2-4,8-9,11,13-15H2,1H3/b19-12+/t17-,18+. The van der Waals surface area contributed by atoms with Crippen molar-refractivity contribution in [2.24, 2.45) is 11.8 Å². The van der Waals surface area contributed by atoms with Crippen molar-refractivity contribution in [2.45, 2.75) is 45.4 Å². The Labute approximate surface area is 166 Å². The SMILES string of the molecule is CCCOC(=O)/C(=C/c1ccccc1Cl)CC(=O)N1C[C@H]2CCCC[C@H]2C1. The minimum absolute atomic E-state index is 0.0103. The summed E-state index contributed by atoms with van der Waals surface area (Å²) >= 11 is 6.23.